The van der Waals surface area contributed by atoms with E-state index in [2.05, 4.69) is 41.1 Å². The zero-order chi connectivity index (χ0) is 26.4. The molecule has 1 amide bonds. The van der Waals surface area contributed by atoms with Crippen LogP contribution < -0.4 is 11.1 Å². The predicted octanol–water partition coefficient (Wildman–Crippen LogP) is 5.68. The largest absolute Gasteiger partial charge is 0.383 e. The highest BCUT2D eigenvalue weighted by Gasteiger charge is 2.51. The van der Waals surface area contributed by atoms with Gasteiger partial charge in [-0.05, 0) is 76.3 Å². The molecular weight excluding hydrogens is 460 g/mol. The Morgan fingerprint density at radius 2 is 1.95 bits per heavy atom. The van der Waals surface area contributed by atoms with E-state index >= 15 is 0 Å². The number of carbonyl (C=O) groups is 1. The van der Waals surface area contributed by atoms with Crippen LogP contribution in [0.4, 0.5) is 5.82 Å². The van der Waals surface area contributed by atoms with Crippen LogP contribution in [0.3, 0.4) is 0 Å². The molecule has 1 atom stereocenters. The van der Waals surface area contributed by atoms with E-state index < -0.39 is 0 Å². The summed E-state index contributed by atoms with van der Waals surface area (Å²) in [5, 5.41) is 2.84. The Kier molecular flexibility index (Phi) is 8.34. The molecule has 0 radical (unpaired) electrons. The van der Waals surface area contributed by atoms with E-state index in [1.807, 2.05) is 49.4 Å². The first-order valence-electron chi connectivity index (χ1n) is 13.1. The van der Waals surface area contributed by atoms with Crippen molar-refractivity contribution in [2.45, 2.75) is 58.9 Å². The Morgan fingerprint density at radius 1 is 1.22 bits per heavy atom. The molecule has 7 nitrogen and oxygen atoms in total. The Hall–Kier alpha value is -3.58. The maximum absolute atomic E-state index is 12.8. The highest BCUT2D eigenvalue weighted by atomic mass is 16.1. The molecule has 3 N–H and O–H groups in total. The normalized spacial score (nSPS) is 20.4. The number of aromatic nitrogens is 1. The van der Waals surface area contributed by atoms with Crippen molar-refractivity contribution in [3.05, 3.63) is 77.6 Å². The van der Waals surface area contributed by atoms with Crippen molar-refractivity contribution in [1.82, 2.24) is 9.88 Å². The summed E-state index contributed by atoms with van der Waals surface area (Å²) in [5.74, 6) is 0.785. The van der Waals surface area contributed by atoms with Gasteiger partial charge in [0.25, 0.3) is 5.91 Å². The number of hydrogen-bond donors (Lipinski definition) is 2. The second kappa shape index (κ2) is 11.6. The third-order valence-electron chi connectivity index (χ3n) is 7.26. The van der Waals surface area contributed by atoms with Crippen LogP contribution in [0.15, 0.2) is 76.5 Å². The number of pyridine rings is 1. The van der Waals surface area contributed by atoms with Crippen LogP contribution in [0.1, 0.15) is 68.8 Å². The van der Waals surface area contributed by atoms with Gasteiger partial charge in [0, 0.05) is 47.4 Å². The third kappa shape index (κ3) is 6.41. The summed E-state index contributed by atoms with van der Waals surface area (Å²) in [6.07, 6.45) is 10.7. The van der Waals surface area contributed by atoms with Crippen molar-refractivity contribution in [1.29, 1.82) is 0 Å². The molecule has 1 aliphatic carbocycles. The SMILES string of the molecule is C\C=C/N=C(N)\C(CCC)=C(\N=C(/C)[C@@H]1CC2(CC2)CN1C)c1ccc(C(=O)Nc2ccccn2)cc1. The van der Waals surface area contributed by atoms with Crippen LogP contribution in [-0.2, 0) is 0 Å². The minimum absolute atomic E-state index is 0.208. The molecule has 1 saturated carbocycles. The van der Waals surface area contributed by atoms with Gasteiger partial charge in [-0.25, -0.2) is 9.98 Å². The van der Waals surface area contributed by atoms with Gasteiger partial charge in [0.05, 0.1) is 5.70 Å². The molecular formula is C30H38N6O. The molecule has 1 aliphatic heterocycles. The van der Waals surface area contributed by atoms with Crippen molar-refractivity contribution in [3.8, 4) is 0 Å². The number of hydrogen-bond acceptors (Lipinski definition) is 5. The minimum atomic E-state index is -0.208. The van der Waals surface area contributed by atoms with Crippen molar-refractivity contribution in [3.63, 3.8) is 0 Å². The van der Waals surface area contributed by atoms with Gasteiger partial charge in [0.1, 0.15) is 11.7 Å². The van der Waals surface area contributed by atoms with E-state index in [0.717, 1.165) is 48.4 Å². The Labute approximate surface area is 220 Å². The molecule has 0 bridgehead atoms. The van der Waals surface area contributed by atoms with Gasteiger partial charge in [-0.15, -0.1) is 0 Å². The zero-order valence-electron chi connectivity index (χ0n) is 22.4. The molecule has 1 spiro atoms. The predicted molar refractivity (Wildman–Crippen MR) is 153 cm³/mol. The molecule has 2 aliphatic rings. The number of amidine groups is 1. The fourth-order valence-electron chi connectivity index (χ4n) is 5.09. The fourth-order valence-corrected chi connectivity index (χ4v) is 5.09. The van der Waals surface area contributed by atoms with Gasteiger partial charge in [-0.1, -0.05) is 37.6 Å². The van der Waals surface area contributed by atoms with Crippen LogP contribution >= 0.6 is 0 Å². The van der Waals surface area contributed by atoms with E-state index in [-0.39, 0.29) is 5.91 Å². The molecule has 7 heteroatoms. The molecule has 0 unspecified atom stereocenters. The summed E-state index contributed by atoms with van der Waals surface area (Å²) < 4.78 is 0. The van der Waals surface area contributed by atoms with Gasteiger partial charge in [0.2, 0.25) is 0 Å². The monoisotopic (exact) mass is 498 g/mol. The molecule has 1 aromatic heterocycles. The Bertz CT molecular complexity index is 1220. The quantitative estimate of drug-likeness (QED) is 0.343. The van der Waals surface area contributed by atoms with E-state index in [9.17, 15) is 4.79 Å². The van der Waals surface area contributed by atoms with Crippen molar-refractivity contribution >= 4 is 29.0 Å². The van der Waals surface area contributed by atoms with Crippen LogP contribution in [0, 0.1) is 5.41 Å². The highest BCUT2D eigenvalue weighted by Crippen LogP contribution is 2.54. The number of aliphatic imine (C=N–C) groups is 2. The molecule has 1 saturated heterocycles. The molecule has 194 valence electrons. The topological polar surface area (TPSA) is 96.0 Å². The molecule has 2 heterocycles. The number of benzene rings is 1. The second-order valence-electron chi connectivity index (χ2n) is 10.2. The van der Waals surface area contributed by atoms with Crippen LogP contribution in [0.25, 0.3) is 5.70 Å². The number of likely N-dealkylation sites (tertiary alicyclic amines) is 1. The lowest BCUT2D eigenvalue weighted by Crippen LogP contribution is -2.31. The number of rotatable bonds is 9. The lowest BCUT2D eigenvalue weighted by molar-refractivity contribution is 0.102. The number of anilines is 1. The Morgan fingerprint density at radius 3 is 2.54 bits per heavy atom. The average molecular weight is 499 g/mol. The first-order chi connectivity index (χ1) is 17.9. The summed E-state index contributed by atoms with van der Waals surface area (Å²) in [4.78, 5) is 29.1. The van der Waals surface area contributed by atoms with Crippen molar-refractivity contribution < 1.29 is 4.79 Å². The molecule has 1 aromatic carbocycles. The summed E-state index contributed by atoms with van der Waals surface area (Å²) in [6.45, 7) is 7.31. The number of carbonyl (C=O) groups excluding carboxylic acids is 1. The van der Waals surface area contributed by atoms with Crippen LogP contribution in [-0.4, -0.2) is 47.0 Å². The van der Waals surface area contributed by atoms with Gasteiger partial charge in [-0.2, -0.15) is 0 Å². The third-order valence-corrected chi connectivity index (χ3v) is 7.26. The maximum atomic E-state index is 12.8. The molecule has 37 heavy (non-hydrogen) atoms. The summed E-state index contributed by atoms with van der Waals surface area (Å²) in [5.41, 5.74) is 11.3. The first-order valence-corrected chi connectivity index (χ1v) is 13.1. The van der Waals surface area contributed by atoms with E-state index in [1.54, 1.807) is 18.5 Å². The number of amides is 1. The van der Waals surface area contributed by atoms with Gasteiger partial charge in [0.15, 0.2) is 0 Å². The Balaban J connectivity index is 1.70. The standard InChI is InChI=1S/C30H38N6O/c1-5-9-24(28(31)33-17-6-2)27(34-21(3)25-19-30(15-16-30)20-36(25)4)22-11-13-23(14-12-22)29(37)35-26-10-7-8-18-32-26/h6-8,10-14,17-18,25H,5,9,15-16,19-20H2,1-4H3,(H2,31,33)(H,32,35,37)/b17-6-,27-24+,34-21+/t25-/m0/s1. The average Bonchev–Trinajstić information content (AvgIpc) is 3.58. The number of nitrogens with two attached hydrogens (primary N) is 1. The smallest absolute Gasteiger partial charge is 0.256 e. The van der Waals surface area contributed by atoms with Crippen molar-refractivity contribution in [2.24, 2.45) is 21.1 Å². The van der Waals surface area contributed by atoms with E-state index in [4.69, 9.17) is 10.7 Å². The zero-order valence-corrected chi connectivity index (χ0v) is 22.4. The molecule has 4 rings (SSSR count). The lowest BCUT2D eigenvalue weighted by Gasteiger charge is -2.20. The number of allylic oxidation sites excluding steroid dienone is 1. The lowest BCUT2D eigenvalue weighted by atomic mass is 9.98. The minimum Gasteiger partial charge on any atom is -0.383 e. The van der Waals surface area contributed by atoms with E-state index in [1.165, 1.54) is 12.8 Å². The molecule has 2 fully saturated rings. The highest BCUT2D eigenvalue weighted by molar-refractivity contribution is 6.07. The van der Waals surface area contributed by atoms with Gasteiger partial charge in [-0.3, -0.25) is 14.7 Å². The number of nitrogens with zero attached hydrogens (tertiary/aromatic N) is 4. The van der Waals surface area contributed by atoms with E-state index in [0.29, 0.717) is 28.7 Å². The fraction of sp³-hybridized carbons (Fsp3) is 0.400. The van der Waals surface area contributed by atoms with Gasteiger partial charge >= 0.3 is 0 Å². The summed E-state index contributed by atoms with van der Waals surface area (Å²) in [6, 6.07) is 13.3. The first kappa shape index (κ1) is 26.5. The van der Waals surface area contributed by atoms with Crippen molar-refractivity contribution in [2.75, 3.05) is 18.9 Å². The maximum Gasteiger partial charge on any atom is 0.256 e. The van der Waals surface area contributed by atoms with Gasteiger partial charge < -0.3 is 11.1 Å². The van der Waals surface area contributed by atoms with Crippen LogP contribution in [0.2, 0.25) is 0 Å². The summed E-state index contributed by atoms with van der Waals surface area (Å²) >= 11 is 0. The molecule has 2 aromatic rings. The summed E-state index contributed by atoms with van der Waals surface area (Å²) in [7, 11) is 2.20. The van der Waals surface area contributed by atoms with Crippen LogP contribution in [0.5, 0.6) is 0 Å². The second-order valence-corrected chi connectivity index (χ2v) is 10.2. The number of nitrogens with one attached hydrogen (secondary N) is 1.